The van der Waals surface area contributed by atoms with Crippen LogP contribution in [0.15, 0.2) is 102 Å². The third-order valence-electron chi connectivity index (χ3n) is 12.1. The van der Waals surface area contributed by atoms with Crippen molar-refractivity contribution >= 4 is 48.9 Å². The van der Waals surface area contributed by atoms with Crippen LogP contribution in [0.3, 0.4) is 0 Å². The molecule has 57 heavy (non-hydrogen) atoms. The highest BCUT2D eigenvalue weighted by Gasteiger charge is 2.67. The predicted octanol–water partition coefficient (Wildman–Crippen LogP) is 6.78. The molecule has 0 radical (unpaired) electrons. The number of non-ortho nitro benzene ring substituents is 1. The van der Waals surface area contributed by atoms with E-state index in [1.807, 2.05) is 54.6 Å². The zero-order valence-corrected chi connectivity index (χ0v) is 33.0. The molecule has 0 aromatic heterocycles. The molecule has 12 nitrogen and oxygen atoms in total. The van der Waals surface area contributed by atoms with Gasteiger partial charge in [-0.15, -0.1) is 0 Å². The summed E-state index contributed by atoms with van der Waals surface area (Å²) in [6.45, 7) is 4.91. The van der Waals surface area contributed by atoms with E-state index in [4.69, 9.17) is 4.74 Å². The van der Waals surface area contributed by atoms with Crippen molar-refractivity contribution in [3.05, 3.63) is 135 Å². The molecule has 4 heterocycles. The zero-order valence-electron chi connectivity index (χ0n) is 32.0. The molecule has 3 amide bonds. The fourth-order valence-electron chi connectivity index (χ4n) is 9.35. The Hall–Kier alpha value is -5.57. The number of halogens is 1. The average molecular weight is 790 g/mol. The van der Waals surface area contributed by atoms with Gasteiger partial charge in [-0.3, -0.25) is 24.5 Å². The number of aliphatic hydroxyl groups excluding tert-OH is 1. The van der Waals surface area contributed by atoms with E-state index in [1.54, 1.807) is 36.1 Å². The van der Waals surface area contributed by atoms with Crippen molar-refractivity contribution < 1.29 is 33.3 Å². The van der Waals surface area contributed by atoms with E-state index in [0.717, 1.165) is 22.4 Å². The van der Waals surface area contributed by atoms with Crippen molar-refractivity contribution in [3.63, 3.8) is 0 Å². The van der Waals surface area contributed by atoms with Gasteiger partial charge in [0.05, 0.1) is 53.7 Å². The van der Waals surface area contributed by atoms with Crippen LogP contribution in [0.4, 0.5) is 21.2 Å². The molecule has 0 aliphatic carbocycles. The van der Waals surface area contributed by atoms with Crippen LogP contribution in [0.25, 0.3) is 0 Å². The Bertz CT molecular complexity index is 2280. The SMILES string of the molecule is C[C@@H]1[C@@H]([Si](C)(C)F)[C@H](CC(=O)N2Cc3ccccc3C[C@H]2CO)O[C@@]12C(=O)N(Cc1ccc(N3N=C(c4ccccc4)CCC3=O)cc1)c1ccc([N+](=O)[O-])cc12. The number of fused-ring (bicyclic) bond motifs is 3. The van der Waals surface area contributed by atoms with Gasteiger partial charge < -0.3 is 23.8 Å². The molecule has 0 bridgehead atoms. The van der Waals surface area contributed by atoms with Gasteiger partial charge in [-0.05, 0) is 60.0 Å². The highest BCUT2D eigenvalue weighted by Crippen LogP contribution is 2.61. The van der Waals surface area contributed by atoms with Crippen molar-refractivity contribution in [2.75, 3.05) is 16.5 Å². The number of hydrogen-bond donors (Lipinski definition) is 1. The lowest BCUT2D eigenvalue weighted by Crippen LogP contribution is -2.48. The second kappa shape index (κ2) is 14.7. The van der Waals surface area contributed by atoms with Crippen molar-refractivity contribution in [2.24, 2.45) is 11.0 Å². The summed E-state index contributed by atoms with van der Waals surface area (Å²) in [5.41, 5.74) is 2.86. The summed E-state index contributed by atoms with van der Waals surface area (Å²) in [6.07, 6.45) is 0.0787. The van der Waals surface area contributed by atoms with Gasteiger partial charge in [-0.2, -0.15) is 5.10 Å². The minimum atomic E-state index is -3.67. The summed E-state index contributed by atoms with van der Waals surface area (Å²) in [4.78, 5) is 56.8. The van der Waals surface area contributed by atoms with Gasteiger partial charge in [0.2, 0.25) is 20.2 Å². The molecule has 294 valence electrons. The van der Waals surface area contributed by atoms with Crippen molar-refractivity contribution in [3.8, 4) is 0 Å². The minimum absolute atomic E-state index is 0.0598. The molecule has 1 spiro atoms. The molecule has 4 aromatic rings. The van der Waals surface area contributed by atoms with Crippen LogP contribution in [0.1, 0.15) is 54.0 Å². The quantitative estimate of drug-likeness (QED) is 0.0852. The molecule has 5 atom stereocenters. The molecule has 1 saturated heterocycles. The molecule has 4 aromatic carbocycles. The van der Waals surface area contributed by atoms with Gasteiger partial charge >= 0.3 is 0 Å². The second-order valence-corrected chi connectivity index (χ2v) is 19.7. The van der Waals surface area contributed by atoms with Gasteiger partial charge in [0.15, 0.2) is 5.60 Å². The number of carbonyl (C=O) groups is 3. The van der Waals surface area contributed by atoms with Crippen LogP contribution in [0.2, 0.25) is 18.6 Å². The Morgan fingerprint density at radius 2 is 1.70 bits per heavy atom. The van der Waals surface area contributed by atoms with E-state index >= 15 is 4.11 Å². The first-order chi connectivity index (χ1) is 27.3. The van der Waals surface area contributed by atoms with Gasteiger partial charge in [0.25, 0.3) is 11.6 Å². The van der Waals surface area contributed by atoms with Crippen molar-refractivity contribution in [1.82, 2.24) is 4.90 Å². The van der Waals surface area contributed by atoms with Crippen LogP contribution in [0.5, 0.6) is 0 Å². The number of hydrogen-bond acceptors (Lipinski definition) is 8. The number of rotatable bonds is 9. The van der Waals surface area contributed by atoms with Crippen LogP contribution < -0.4 is 9.91 Å². The maximum absolute atomic E-state index is 16.6. The van der Waals surface area contributed by atoms with E-state index < -0.39 is 48.4 Å². The average Bonchev–Trinajstić information content (AvgIpc) is 3.63. The fraction of sp³-hybridized carbons (Fsp3) is 0.349. The number of ether oxygens (including phenoxy) is 1. The number of nitro benzene ring substituents is 1. The summed E-state index contributed by atoms with van der Waals surface area (Å²) in [5.74, 6) is -1.73. The van der Waals surface area contributed by atoms with Gasteiger partial charge in [0.1, 0.15) is 0 Å². The number of benzene rings is 4. The molecular weight excluding hydrogens is 746 g/mol. The summed E-state index contributed by atoms with van der Waals surface area (Å²) >= 11 is 0. The molecule has 0 saturated carbocycles. The number of aliphatic hydroxyl groups is 1. The lowest BCUT2D eigenvalue weighted by molar-refractivity contribution is -0.385. The fourth-order valence-corrected chi connectivity index (χ4v) is 11.8. The second-order valence-electron chi connectivity index (χ2n) is 15.9. The lowest BCUT2D eigenvalue weighted by atomic mass is 9.82. The summed E-state index contributed by atoms with van der Waals surface area (Å²) in [6, 6.07) is 28.3. The number of hydrazone groups is 1. The maximum atomic E-state index is 16.6. The predicted molar refractivity (Wildman–Crippen MR) is 215 cm³/mol. The topological polar surface area (TPSA) is 146 Å². The molecule has 1 N–H and O–H groups in total. The number of carbonyl (C=O) groups excluding carboxylic acids is 3. The van der Waals surface area contributed by atoms with Crippen LogP contribution in [-0.4, -0.2) is 65.5 Å². The van der Waals surface area contributed by atoms with E-state index in [0.29, 0.717) is 36.2 Å². The van der Waals surface area contributed by atoms with Crippen LogP contribution in [-0.2, 0) is 44.2 Å². The smallest absolute Gasteiger partial charge is 0.269 e. The minimum Gasteiger partial charge on any atom is -0.394 e. The Morgan fingerprint density at radius 3 is 2.39 bits per heavy atom. The molecule has 4 aliphatic heterocycles. The normalized spacial score (nSPS) is 24.4. The zero-order chi connectivity index (χ0) is 40.2. The third-order valence-corrected chi connectivity index (χ3v) is 14.5. The Balaban J connectivity index is 1.10. The number of nitro groups is 1. The third kappa shape index (κ3) is 6.74. The van der Waals surface area contributed by atoms with Crippen LogP contribution in [0, 0.1) is 16.0 Å². The molecule has 0 unspecified atom stereocenters. The van der Waals surface area contributed by atoms with E-state index in [2.05, 4.69) is 5.10 Å². The maximum Gasteiger partial charge on any atom is 0.269 e. The molecular formula is C43H44FN5O7Si. The number of nitrogens with zero attached hydrogens (tertiary/aromatic N) is 5. The lowest BCUT2D eigenvalue weighted by Gasteiger charge is -2.37. The highest BCUT2D eigenvalue weighted by atomic mass is 28.4. The van der Waals surface area contributed by atoms with Crippen molar-refractivity contribution in [2.45, 2.75) is 82.1 Å². The Kier molecular flexibility index (Phi) is 9.91. The summed E-state index contributed by atoms with van der Waals surface area (Å²) in [7, 11) is -3.67. The molecule has 8 rings (SSSR count). The first-order valence-electron chi connectivity index (χ1n) is 19.3. The van der Waals surface area contributed by atoms with Gasteiger partial charge in [0, 0.05) is 48.5 Å². The molecule has 1 fully saturated rings. The van der Waals surface area contributed by atoms with E-state index in [-0.39, 0.29) is 49.2 Å². The summed E-state index contributed by atoms with van der Waals surface area (Å²) < 4.78 is 23.4. The van der Waals surface area contributed by atoms with Crippen molar-refractivity contribution in [1.29, 1.82) is 0 Å². The molecule has 14 heteroatoms. The van der Waals surface area contributed by atoms with Gasteiger partial charge in [-0.25, -0.2) is 5.01 Å². The summed E-state index contributed by atoms with van der Waals surface area (Å²) in [5, 5.41) is 28.4. The standard InChI is InChI=1S/C43H44FN5O7Si/c1-27-41(57(2,3)44)38(23-40(52)46-25-31-12-8-7-11-30(31)21-34(46)26-50)56-43(27)35-22-33(49(54)55)17-19-37(35)47(42(43)53)24-28-13-15-32(16-14-28)48-39(51)20-18-36(45-48)29-9-5-4-6-10-29/h4-17,19,22,27,34,38,41,50H,18,20-21,23-26H2,1-3H3/t27-,34+,38+,41-,43+/m1/s1. The Morgan fingerprint density at radius 1 is 1.00 bits per heavy atom. The Labute approximate surface area is 330 Å². The first kappa shape index (κ1) is 38.3. The number of amides is 3. The molecule has 4 aliphatic rings. The van der Waals surface area contributed by atoms with E-state index in [9.17, 15) is 29.6 Å². The van der Waals surface area contributed by atoms with Gasteiger partial charge in [-0.1, -0.05) is 73.7 Å². The monoisotopic (exact) mass is 789 g/mol. The van der Waals surface area contributed by atoms with Crippen LogP contribution >= 0.6 is 0 Å². The first-order valence-corrected chi connectivity index (χ1v) is 22.2. The van der Waals surface area contributed by atoms with E-state index in [1.165, 1.54) is 41.2 Å². The largest absolute Gasteiger partial charge is 0.394 e. The number of anilines is 2. The highest BCUT2D eigenvalue weighted by molar-refractivity contribution is 6.72.